The highest BCUT2D eigenvalue weighted by Gasteiger charge is 2.36. The van der Waals surface area contributed by atoms with Gasteiger partial charge in [0.05, 0.1) is 15.6 Å². The third-order valence-electron chi connectivity index (χ3n) is 5.09. The van der Waals surface area contributed by atoms with E-state index in [2.05, 4.69) is 0 Å². The number of thioether (sulfide) groups is 1. The highest BCUT2D eigenvalue weighted by Crippen LogP contribution is 2.33. The molecule has 3 amide bonds. The Hall–Kier alpha value is -3.83. The highest BCUT2D eigenvalue weighted by atomic mass is 35.5. The maximum absolute atomic E-state index is 14.0. The normalized spacial score (nSPS) is 14.4. The average Bonchev–Trinajstić information content (AvgIpc) is 3.11. The lowest BCUT2D eigenvalue weighted by molar-refractivity contribution is -0.127. The van der Waals surface area contributed by atoms with E-state index in [1.807, 2.05) is 5.32 Å². The molecule has 1 aliphatic heterocycles. The van der Waals surface area contributed by atoms with Crippen molar-refractivity contribution in [3.05, 3.63) is 98.9 Å². The molecular formula is C25H15ClF4N2O4S. The van der Waals surface area contributed by atoms with Crippen molar-refractivity contribution in [2.45, 2.75) is 6.61 Å². The van der Waals surface area contributed by atoms with E-state index in [1.54, 1.807) is 24.3 Å². The standard InChI is InChI=1S/C25H15ClF4N2O4S/c26-16-5-2-6-17(27)15(16)12-36-14-4-1-3-13(9-14)10-20-24(34)32(25(35)37-20)11-21(33)31-19-8-7-18(28)22(29)23(19)30/h1-10H,11-12H2,(H,31,33)/b20-10+. The molecule has 1 heterocycles. The number of amides is 3. The summed E-state index contributed by atoms with van der Waals surface area (Å²) < 4.78 is 59.8. The molecule has 0 aromatic heterocycles. The Labute approximate surface area is 216 Å². The van der Waals surface area contributed by atoms with Crippen molar-refractivity contribution in [2.75, 3.05) is 11.9 Å². The van der Waals surface area contributed by atoms with Crippen LogP contribution in [0.1, 0.15) is 11.1 Å². The van der Waals surface area contributed by atoms with Gasteiger partial charge < -0.3 is 10.1 Å². The summed E-state index contributed by atoms with van der Waals surface area (Å²) in [4.78, 5) is 37.9. The van der Waals surface area contributed by atoms with Crippen LogP contribution in [0.25, 0.3) is 6.08 Å². The van der Waals surface area contributed by atoms with E-state index in [1.165, 1.54) is 24.3 Å². The summed E-state index contributed by atoms with van der Waals surface area (Å²) in [7, 11) is 0. The van der Waals surface area contributed by atoms with Crippen LogP contribution in [0.3, 0.4) is 0 Å². The first-order chi connectivity index (χ1) is 17.6. The van der Waals surface area contributed by atoms with E-state index in [0.29, 0.717) is 34.0 Å². The number of carbonyl (C=O) groups is 3. The average molecular weight is 551 g/mol. The van der Waals surface area contributed by atoms with E-state index >= 15 is 0 Å². The zero-order chi connectivity index (χ0) is 26.7. The van der Waals surface area contributed by atoms with Crippen LogP contribution >= 0.6 is 23.4 Å². The summed E-state index contributed by atoms with van der Waals surface area (Å²) >= 11 is 6.58. The highest BCUT2D eigenvalue weighted by molar-refractivity contribution is 8.18. The van der Waals surface area contributed by atoms with Crippen LogP contribution in [0, 0.1) is 23.3 Å². The number of rotatable bonds is 7. The Balaban J connectivity index is 1.43. The summed E-state index contributed by atoms with van der Waals surface area (Å²) in [6.45, 7) is -0.911. The number of hydrogen-bond donors (Lipinski definition) is 1. The second-order valence-corrected chi connectivity index (χ2v) is 9.00. The van der Waals surface area contributed by atoms with Crippen molar-refractivity contribution in [1.29, 1.82) is 0 Å². The van der Waals surface area contributed by atoms with Crippen LogP contribution in [-0.2, 0) is 16.2 Å². The molecule has 0 aliphatic carbocycles. The number of imide groups is 1. The maximum Gasteiger partial charge on any atom is 0.294 e. The molecule has 1 N–H and O–H groups in total. The van der Waals surface area contributed by atoms with Crippen LogP contribution in [0.5, 0.6) is 5.75 Å². The molecule has 1 fully saturated rings. The Morgan fingerprint density at radius 3 is 2.51 bits per heavy atom. The number of halogens is 5. The molecule has 0 radical (unpaired) electrons. The number of ether oxygens (including phenoxy) is 1. The van der Waals surface area contributed by atoms with Crippen LogP contribution in [0.15, 0.2) is 59.5 Å². The molecule has 37 heavy (non-hydrogen) atoms. The lowest BCUT2D eigenvalue weighted by Crippen LogP contribution is -2.36. The van der Waals surface area contributed by atoms with Gasteiger partial charge in [0, 0.05) is 5.56 Å². The van der Waals surface area contributed by atoms with E-state index in [0.717, 1.165) is 6.07 Å². The number of nitrogens with zero attached hydrogens (tertiary/aromatic N) is 1. The van der Waals surface area contributed by atoms with Gasteiger partial charge in [-0.15, -0.1) is 0 Å². The van der Waals surface area contributed by atoms with Gasteiger partial charge in [0.15, 0.2) is 17.5 Å². The van der Waals surface area contributed by atoms with E-state index in [9.17, 15) is 31.9 Å². The van der Waals surface area contributed by atoms with Gasteiger partial charge in [-0.2, -0.15) is 0 Å². The monoisotopic (exact) mass is 550 g/mol. The van der Waals surface area contributed by atoms with Gasteiger partial charge in [-0.1, -0.05) is 29.8 Å². The molecule has 3 aromatic rings. The Bertz CT molecular complexity index is 1430. The molecule has 0 unspecified atom stereocenters. The Morgan fingerprint density at radius 2 is 1.76 bits per heavy atom. The first kappa shape index (κ1) is 26.2. The molecule has 0 atom stereocenters. The van der Waals surface area contributed by atoms with Gasteiger partial charge in [0.25, 0.3) is 11.1 Å². The number of anilines is 1. The summed E-state index contributed by atoms with van der Waals surface area (Å²) in [5, 5.41) is 1.46. The van der Waals surface area contributed by atoms with Crippen molar-refractivity contribution in [3.63, 3.8) is 0 Å². The summed E-state index contributed by atoms with van der Waals surface area (Å²) in [6.07, 6.45) is 1.40. The number of carbonyl (C=O) groups excluding carboxylic acids is 3. The molecule has 12 heteroatoms. The minimum absolute atomic E-state index is 0.00565. The first-order valence-corrected chi connectivity index (χ1v) is 11.7. The molecule has 190 valence electrons. The molecule has 1 saturated heterocycles. The maximum atomic E-state index is 14.0. The van der Waals surface area contributed by atoms with Crippen LogP contribution in [0.2, 0.25) is 5.02 Å². The molecule has 1 aliphatic rings. The molecule has 0 saturated carbocycles. The lowest BCUT2D eigenvalue weighted by Gasteiger charge is -2.13. The van der Waals surface area contributed by atoms with Crippen LogP contribution < -0.4 is 10.1 Å². The minimum Gasteiger partial charge on any atom is -0.489 e. The molecule has 6 nitrogen and oxygen atoms in total. The van der Waals surface area contributed by atoms with Crippen molar-refractivity contribution < 1.29 is 36.7 Å². The largest absolute Gasteiger partial charge is 0.489 e. The van der Waals surface area contributed by atoms with E-state index in [-0.39, 0.29) is 22.1 Å². The zero-order valence-electron chi connectivity index (χ0n) is 18.6. The van der Waals surface area contributed by atoms with Crippen molar-refractivity contribution in [1.82, 2.24) is 4.90 Å². The topological polar surface area (TPSA) is 75.7 Å². The number of nitrogens with one attached hydrogen (secondary N) is 1. The van der Waals surface area contributed by atoms with Crippen LogP contribution in [0.4, 0.5) is 28.0 Å². The van der Waals surface area contributed by atoms with Gasteiger partial charge >= 0.3 is 0 Å². The first-order valence-electron chi connectivity index (χ1n) is 10.5. The van der Waals surface area contributed by atoms with E-state index < -0.39 is 52.6 Å². The molecule has 0 spiro atoms. The van der Waals surface area contributed by atoms with E-state index in [4.69, 9.17) is 16.3 Å². The fourth-order valence-electron chi connectivity index (χ4n) is 3.26. The summed E-state index contributed by atoms with van der Waals surface area (Å²) in [5.41, 5.74) is 0.0214. The Morgan fingerprint density at radius 1 is 1.00 bits per heavy atom. The number of hydrogen-bond acceptors (Lipinski definition) is 5. The van der Waals surface area contributed by atoms with Crippen molar-refractivity contribution in [2.24, 2.45) is 0 Å². The van der Waals surface area contributed by atoms with Gasteiger partial charge in [-0.05, 0) is 59.8 Å². The smallest absolute Gasteiger partial charge is 0.294 e. The molecule has 3 aromatic carbocycles. The second-order valence-electron chi connectivity index (χ2n) is 7.60. The van der Waals surface area contributed by atoms with Crippen LogP contribution in [-0.4, -0.2) is 28.5 Å². The second kappa shape index (κ2) is 11.1. The molecule has 0 bridgehead atoms. The summed E-state index contributed by atoms with van der Waals surface area (Å²) in [5.74, 6) is -6.75. The predicted octanol–water partition coefficient (Wildman–Crippen LogP) is 6.15. The van der Waals surface area contributed by atoms with Crippen molar-refractivity contribution in [3.8, 4) is 5.75 Å². The molecule has 4 rings (SSSR count). The summed E-state index contributed by atoms with van der Waals surface area (Å²) in [6, 6.07) is 12.1. The van der Waals surface area contributed by atoms with Crippen molar-refractivity contribution >= 4 is 52.2 Å². The Kier molecular flexibility index (Phi) is 7.84. The van der Waals surface area contributed by atoms with Gasteiger partial charge in [0.1, 0.15) is 24.7 Å². The quantitative estimate of drug-likeness (QED) is 0.217. The minimum atomic E-state index is -1.77. The lowest BCUT2D eigenvalue weighted by atomic mass is 10.2. The fraction of sp³-hybridized carbons (Fsp3) is 0.0800. The van der Waals surface area contributed by atoms with Gasteiger partial charge in [-0.25, -0.2) is 17.6 Å². The SMILES string of the molecule is O=C(CN1C(=O)S/C(=C/c2cccc(OCc3c(F)cccc3Cl)c2)C1=O)Nc1ccc(F)c(F)c1F. The fourth-order valence-corrected chi connectivity index (χ4v) is 4.32. The molecular weight excluding hydrogens is 536 g/mol. The zero-order valence-corrected chi connectivity index (χ0v) is 20.1. The third-order valence-corrected chi connectivity index (χ3v) is 6.35. The van der Waals surface area contributed by atoms with Gasteiger partial charge in [0.2, 0.25) is 5.91 Å². The predicted molar refractivity (Wildman–Crippen MR) is 130 cm³/mol. The number of benzene rings is 3. The third kappa shape index (κ3) is 5.95. The van der Waals surface area contributed by atoms with Gasteiger partial charge in [-0.3, -0.25) is 19.3 Å².